The van der Waals surface area contributed by atoms with E-state index in [-0.39, 0.29) is 40.9 Å². The van der Waals surface area contributed by atoms with E-state index in [1.165, 1.54) is 6.20 Å². The molecule has 2 atom stereocenters. The summed E-state index contributed by atoms with van der Waals surface area (Å²) in [6.45, 7) is 7.75. The molecule has 4 aromatic rings. The number of aromatic nitrogens is 4. The quantitative estimate of drug-likeness (QED) is 0.284. The van der Waals surface area contributed by atoms with Crippen LogP contribution in [0.2, 0.25) is 0 Å². The zero-order chi connectivity index (χ0) is 31.2. The van der Waals surface area contributed by atoms with Gasteiger partial charge in [-0.15, -0.1) is 0 Å². The molecule has 2 aromatic heterocycles. The Labute approximate surface area is 257 Å². The summed E-state index contributed by atoms with van der Waals surface area (Å²) in [5.74, 6) is 7.10. The van der Waals surface area contributed by atoms with E-state index in [1.54, 1.807) is 4.57 Å². The van der Waals surface area contributed by atoms with Crippen LogP contribution in [0, 0.1) is 29.1 Å². The number of nitrogens with one attached hydrogen (secondary N) is 1. The first-order valence-electron chi connectivity index (χ1n) is 15.0. The van der Waals surface area contributed by atoms with Gasteiger partial charge in [0, 0.05) is 43.5 Å². The average molecular weight is 589 g/mol. The largest absolute Gasteiger partial charge is 0.368 e. The van der Waals surface area contributed by atoms with Crippen molar-refractivity contribution in [1.29, 1.82) is 5.26 Å². The standard InChI is InChI=1S/C34H36N8O2/c1-22(2)30(39-31-25(20-35)21-37-34(36)40-31)23(3)32-38-27-16-11-13-24(12-7-8-17-28(43)41-18-9-10-19-41)29(27)33(44)42(32)26-14-5-4-6-15-26/h4-6,11,13-16,21-23,30H,8-10,17-19H2,1-3H3,(H3,36,37,39,40). The van der Waals surface area contributed by atoms with Gasteiger partial charge in [-0.3, -0.25) is 14.2 Å². The highest BCUT2D eigenvalue weighted by Gasteiger charge is 2.29. The highest BCUT2D eigenvalue weighted by molar-refractivity contribution is 5.85. The summed E-state index contributed by atoms with van der Waals surface area (Å²) < 4.78 is 1.64. The molecule has 1 amide bonds. The lowest BCUT2D eigenvalue weighted by atomic mass is 9.90. The van der Waals surface area contributed by atoms with Gasteiger partial charge in [0.05, 0.1) is 22.8 Å². The van der Waals surface area contributed by atoms with Crippen molar-refractivity contribution in [3.05, 3.63) is 82.0 Å². The Bertz CT molecular complexity index is 1830. The maximum absolute atomic E-state index is 14.4. The lowest BCUT2D eigenvalue weighted by Crippen LogP contribution is -2.36. The number of nitrogens with zero attached hydrogens (tertiary/aromatic N) is 6. The molecule has 0 saturated carbocycles. The summed E-state index contributed by atoms with van der Waals surface area (Å²) in [4.78, 5) is 42.0. The van der Waals surface area contributed by atoms with Crippen molar-refractivity contribution in [2.75, 3.05) is 24.1 Å². The summed E-state index contributed by atoms with van der Waals surface area (Å²) in [5.41, 5.74) is 7.68. The Balaban J connectivity index is 1.57. The second-order valence-corrected chi connectivity index (χ2v) is 11.3. The first-order chi connectivity index (χ1) is 21.3. The van der Waals surface area contributed by atoms with Crippen molar-refractivity contribution in [2.24, 2.45) is 5.92 Å². The normalized spacial score (nSPS) is 14.1. The number of nitriles is 1. The van der Waals surface area contributed by atoms with Crippen LogP contribution in [0.15, 0.2) is 59.5 Å². The van der Waals surface area contributed by atoms with Gasteiger partial charge in [-0.05, 0) is 43.0 Å². The molecule has 1 aliphatic heterocycles. The Hall–Kier alpha value is -5.22. The fraction of sp³-hybridized carbons (Fsp3) is 0.353. The molecule has 44 heavy (non-hydrogen) atoms. The third-order valence-corrected chi connectivity index (χ3v) is 7.98. The minimum atomic E-state index is -0.304. The lowest BCUT2D eigenvalue weighted by molar-refractivity contribution is -0.129. The molecular weight excluding hydrogens is 552 g/mol. The number of carbonyl (C=O) groups excluding carboxylic acids is 1. The minimum Gasteiger partial charge on any atom is -0.368 e. The number of anilines is 2. The number of hydrogen-bond donors (Lipinski definition) is 2. The van der Waals surface area contributed by atoms with E-state index in [0.29, 0.717) is 46.6 Å². The zero-order valence-electron chi connectivity index (χ0n) is 25.2. The first kappa shape index (κ1) is 30.2. The van der Waals surface area contributed by atoms with Crippen molar-refractivity contribution in [3.63, 3.8) is 0 Å². The summed E-state index contributed by atoms with van der Waals surface area (Å²) >= 11 is 0. The first-order valence-corrected chi connectivity index (χ1v) is 15.0. The van der Waals surface area contributed by atoms with Gasteiger partial charge in [-0.1, -0.05) is 56.9 Å². The third kappa shape index (κ3) is 6.40. The molecule has 2 unspecified atom stereocenters. The number of carbonyl (C=O) groups is 1. The molecule has 0 spiro atoms. The van der Waals surface area contributed by atoms with Crippen LogP contribution in [0.3, 0.4) is 0 Å². The van der Waals surface area contributed by atoms with Crippen LogP contribution < -0.4 is 16.6 Å². The third-order valence-electron chi connectivity index (χ3n) is 7.98. The highest BCUT2D eigenvalue weighted by atomic mass is 16.2. The number of hydrogen-bond acceptors (Lipinski definition) is 8. The molecule has 5 rings (SSSR count). The summed E-state index contributed by atoms with van der Waals surface area (Å²) in [5, 5.41) is 13.5. The molecule has 10 heteroatoms. The predicted octanol–water partition coefficient (Wildman–Crippen LogP) is 4.62. The topological polar surface area (TPSA) is 143 Å². The van der Waals surface area contributed by atoms with Crippen LogP contribution in [0.4, 0.5) is 11.8 Å². The number of rotatable bonds is 8. The van der Waals surface area contributed by atoms with Gasteiger partial charge < -0.3 is 16.0 Å². The Morgan fingerprint density at radius 1 is 1.05 bits per heavy atom. The molecule has 0 aliphatic carbocycles. The fourth-order valence-corrected chi connectivity index (χ4v) is 5.71. The smallest absolute Gasteiger partial charge is 0.267 e. The van der Waals surface area contributed by atoms with Crippen LogP contribution in [-0.2, 0) is 4.79 Å². The zero-order valence-corrected chi connectivity index (χ0v) is 25.2. The average Bonchev–Trinajstić information content (AvgIpc) is 3.57. The molecule has 224 valence electrons. The lowest BCUT2D eigenvalue weighted by Gasteiger charge is -2.30. The van der Waals surface area contributed by atoms with E-state index in [4.69, 9.17) is 10.7 Å². The molecule has 3 N–H and O–H groups in total. The van der Waals surface area contributed by atoms with Gasteiger partial charge in [-0.2, -0.15) is 10.2 Å². The highest BCUT2D eigenvalue weighted by Crippen LogP contribution is 2.29. The summed E-state index contributed by atoms with van der Waals surface area (Å²) in [7, 11) is 0. The Kier molecular flexibility index (Phi) is 9.20. The fourth-order valence-electron chi connectivity index (χ4n) is 5.71. The van der Waals surface area contributed by atoms with Crippen molar-refractivity contribution < 1.29 is 4.79 Å². The number of nitrogens with two attached hydrogens (primary N) is 1. The summed E-state index contributed by atoms with van der Waals surface area (Å²) in [6.07, 6.45) is 4.28. The van der Waals surface area contributed by atoms with Crippen molar-refractivity contribution in [2.45, 2.75) is 58.4 Å². The van der Waals surface area contributed by atoms with E-state index in [1.807, 2.05) is 60.4 Å². The molecule has 3 heterocycles. The van der Waals surface area contributed by atoms with Gasteiger partial charge >= 0.3 is 0 Å². The Morgan fingerprint density at radius 3 is 2.50 bits per heavy atom. The van der Waals surface area contributed by atoms with Crippen molar-refractivity contribution in [1.82, 2.24) is 24.4 Å². The van der Waals surface area contributed by atoms with E-state index in [2.05, 4.69) is 47.0 Å². The van der Waals surface area contributed by atoms with Crippen LogP contribution in [0.5, 0.6) is 0 Å². The van der Waals surface area contributed by atoms with Crippen LogP contribution in [-0.4, -0.2) is 49.5 Å². The van der Waals surface area contributed by atoms with Crippen LogP contribution in [0.1, 0.15) is 69.3 Å². The maximum atomic E-state index is 14.4. The second kappa shape index (κ2) is 13.4. The molecule has 1 saturated heterocycles. The van der Waals surface area contributed by atoms with E-state index in [0.717, 1.165) is 25.9 Å². The van der Waals surface area contributed by atoms with Gasteiger partial charge in [0.2, 0.25) is 11.9 Å². The van der Waals surface area contributed by atoms with E-state index < -0.39 is 0 Å². The molecular formula is C34H36N8O2. The van der Waals surface area contributed by atoms with Crippen LogP contribution in [0.25, 0.3) is 16.6 Å². The molecule has 0 bridgehead atoms. The van der Waals surface area contributed by atoms with Gasteiger partial charge in [-0.25, -0.2) is 9.97 Å². The predicted molar refractivity (Wildman–Crippen MR) is 171 cm³/mol. The molecule has 0 radical (unpaired) electrons. The molecule has 2 aromatic carbocycles. The van der Waals surface area contributed by atoms with E-state index in [9.17, 15) is 14.9 Å². The number of benzene rings is 2. The number of amides is 1. The number of fused-ring (bicyclic) bond motifs is 1. The van der Waals surface area contributed by atoms with E-state index >= 15 is 0 Å². The van der Waals surface area contributed by atoms with Crippen molar-refractivity contribution in [3.8, 4) is 23.6 Å². The molecule has 1 aliphatic rings. The van der Waals surface area contributed by atoms with Gasteiger partial charge in [0.15, 0.2) is 0 Å². The number of nitrogen functional groups attached to an aromatic ring is 1. The number of likely N-dealkylation sites (tertiary alicyclic amines) is 1. The monoisotopic (exact) mass is 588 g/mol. The maximum Gasteiger partial charge on any atom is 0.267 e. The summed E-state index contributed by atoms with van der Waals surface area (Å²) in [6, 6.07) is 16.7. The number of para-hydroxylation sites is 1. The van der Waals surface area contributed by atoms with Crippen molar-refractivity contribution >= 4 is 28.6 Å². The SMILES string of the molecule is CC(C)C(Nc1nc(N)ncc1C#N)C(C)c1nc2cccc(C#CCCC(=O)N3CCCC3)c2c(=O)n1-c1ccccc1. The Morgan fingerprint density at radius 2 is 1.80 bits per heavy atom. The second-order valence-electron chi connectivity index (χ2n) is 11.3. The molecule has 10 nitrogen and oxygen atoms in total. The van der Waals surface area contributed by atoms with Gasteiger partial charge in [0.1, 0.15) is 23.3 Å². The van der Waals surface area contributed by atoms with Crippen LogP contribution >= 0.6 is 0 Å². The van der Waals surface area contributed by atoms with Gasteiger partial charge in [0.25, 0.3) is 5.56 Å². The minimum absolute atomic E-state index is 0.0562. The molecule has 1 fully saturated rings.